The molecule has 2 aliphatic rings. The van der Waals surface area contributed by atoms with Crippen molar-refractivity contribution in [3.63, 3.8) is 0 Å². The van der Waals surface area contributed by atoms with Gasteiger partial charge in [-0.2, -0.15) is 0 Å². The molecule has 0 radical (unpaired) electrons. The van der Waals surface area contributed by atoms with Gasteiger partial charge in [0.1, 0.15) is 5.75 Å². The van der Waals surface area contributed by atoms with Crippen molar-refractivity contribution < 1.29 is 14.3 Å². The molecule has 3 aromatic rings. The first kappa shape index (κ1) is 20.5. The van der Waals surface area contributed by atoms with Crippen LogP contribution in [0.2, 0.25) is 0 Å². The van der Waals surface area contributed by atoms with Gasteiger partial charge in [-0.25, -0.2) is 0 Å². The van der Waals surface area contributed by atoms with Crippen molar-refractivity contribution in [1.82, 2.24) is 10.3 Å². The molecule has 8 nitrogen and oxygen atoms in total. The third-order valence-electron chi connectivity index (χ3n) is 5.70. The Hall–Kier alpha value is -3.43. The molecule has 0 saturated carbocycles. The molecule has 1 fully saturated rings. The van der Waals surface area contributed by atoms with Crippen molar-refractivity contribution in [2.75, 3.05) is 48.4 Å². The number of methoxy groups -OCH3 is 1. The summed E-state index contributed by atoms with van der Waals surface area (Å²) in [4.78, 5) is 34.5. The molecule has 4 heterocycles. The second-order valence-corrected chi connectivity index (χ2v) is 8.70. The maximum absolute atomic E-state index is 13.0. The summed E-state index contributed by atoms with van der Waals surface area (Å²) < 4.78 is 5.27. The summed E-state index contributed by atoms with van der Waals surface area (Å²) >= 11 is 1.30. The Kier molecular flexibility index (Phi) is 5.50. The zero-order valence-electron chi connectivity index (χ0n) is 17.6. The molecule has 0 spiro atoms. The zero-order valence-corrected chi connectivity index (χ0v) is 18.4. The van der Waals surface area contributed by atoms with Gasteiger partial charge in [-0.1, -0.05) is 0 Å². The fourth-order valence-electron chi connectivity index (χ4n) is 4.05. The first-order valence-corrected chi connectivity index (χ1v) is 11.3. The average molecular weight is 450 g/mol. The van der Waals surface area contributed by atoms with Gasteiger partial charge in [0.25, 0.3) is 11.8 Å². The first-order chi connectivity index (χ1) is 15.6. The van der Waals surface area contributed by atoms with Crippen LogP contribution < -0.4 is 25.2 Å². The highest BCUT2D eigenvalue weighted by atomic mass is 32.1. The van der Waals surface area contributed by atoms with Crippen LogP contribution in [0.15, 0.2) is 48.8 Å². The number of benzene rings is 1. The third kappa shape index (κ3) is 3.80. The fourth-order valence-corrected chi connectivity index (χ4v) is 4.94. The van der Waals surface area contributed by atoms with Gasteiger partial charge in [-0.05, 0) is 42.0 Å². The van der Waals surface area contributed by atoms with Gasteiger partial charge in [0.15, 0.2) is 0 Å². The van der Waals surface area contributed by atoms with Gasteiger partial charge in [-0.3, -0.25) is 19.5 Å². The number of anilines is 3. The Balaban J connectivity index is 1.33. The summed E-state index contributed by atoms with van der Waals surface area (Å²) in [6.45, 7) is 4.02. The molecule has 0 atom stereocenters. The van der Waals surface area contributed by atoms with Crippen LogP contribution in [0.3, 0.4) is 0 Å². The van der Waals surface area contributed by atoms with E-state index in [0.29, 0.717) is 22.7 Å². The lowest BCUT2D eigenvalue weighted by Gasteiger charge is -2.30. The fraction of sp³-hybridized carbons (Fsp3) is 0.261. The SMILES string of the molecule is COc1ccc2c(c1)CN(c1ccc(C(=O)Nc3cnccc3N3CCNCC3)s1)C2=O. The minimum Gasteiger partial charge on any atom is -0.497 e. The normalized spacial score (nSPS) is 15.6. The smallest absolute Gasteiger partial charge is 0.265 e. The van der Waals surface area contributed by atoms with Gasteiger partial charge in [0.05, 0.1) is 41.1 Å². The minimum absolute atomic E-state index is 0.0651. The molecule has 0 aliphatic carbocycles. The standard InChI is InChI=1S/C23H23N5O3S/c1-31-16-2-3-17-15(12-16)14-28(23(17)30)21-5-4-20(32-21)22(29)26-18-13-25-7-6-19(18)27-10-8-24-9-11-27/h2-7,12-13,24H,8-11,14H2,1H3,(H,26,29). The summed E-state index contributed by atoms with van der Waals surface area (Å²) in [5.41, 5.74) is 3.24. The van der Waals surface area contributed by atoms with Crippen LogP contribution in [-0.4, -0.2) is 50.1 Å². The third-order valence-corrected chi connectivity index (χ3v) is 6.81. The highest BCUT2D eigenvalue weighted by Gasteiger charge is 2.30. The molecule has 1 saturated heterocycles. The van der Waals surface area contributed by atoms with Crippen molar-refractivity contribution >= 4 is 39.5 Å². The number of hydrogen-bond donors (Lipinski definition) is 2. The number of amides is 2. The van der Waals surface area contributed by atoms with Gasteiger partial charge in [-0.15, -0.1) is 11.3 Å². The lowest BCUT2D eigenvalue weighted by molar-refractivity contribution is 0.0995. The van der Waals surface area contributed by atoms with E-state index < -0.39 is 0 Å². The summed E-state index contributed by atoms with van der Waals surface area (Å²) in [5.74, 6) is 0.447. The molecule has 2 amide bonds. The van der Waals surface area contributed by atoms with Gasteiger partial charge in [0, 0.05) is 37.9 Å². The Bertz CT molecular complexity index is 1170. The van der Waals surface area contributed by atoms with Crippen LogP contribution in [0.25, 0.3) is 0 Å². The number of nitrogens with zero attached hydrogens (tertiary/aromatic N) is 3. The number of aromatic nitrogens is 1. The van der Waals surface area contributed by atoms with Crippen LogP contribution in [-0.2, 0) is 6.54 Å². The molecular formula is C23H23N5O3S. The average Bonchev–Trinajstić information content (AvgIpc) is 3.45. The molecule has 9 heteroatoms. The molecule has 2 aliphatic heterocycles. The van der Waals surface area contributed by atoms with E-state index in [0.717, 1.165) is 48.2 Å². The number of carbonyl (C=O) groups is 2. The predicted octanol–water partition coefficient (Wildman–Crippen LogP) is 2.97. The maximum atomic E-state index is 13.0. The molecule has 32 heavy (non-hydrogen) atoms. The van der Waals surface area contributed by atoms with E-state index in [9.17, 15) is 9.59 Å². The van der Waals surface area contributed by atoms with E-state index in [1.165, 1.54) is 11.3 Å². The first-order valence-electron chi connectivity index (χ1n) is 10.4. The number of rotatable bonds is 5. The highest BCUT2D eigenvalue weighted by Crippen LogP contribution is 2.35. The van der Waals surface area contributed by atoms with Crippen LogP contribution in [0.1, 0.15) is 25.6 Å². The van der Waals surface area contributed by atoms with E-state index in [4.69, 9.17) is 4.74 Å². The molecule has 0 unspecified atom stereocenters. The van der Waals surface area contributed by atoms with Crippen LogP contribution in [0.5, 0.6) is 5.75 Å². The Morgan fingerprint density at radius 3 is 2.84 bits per heavy atom. The number of thiophene rings is 1. The van der Waals surface area contributed by atoms with Gasteiger partial charge >= 0.3 is 0 Å². The van der Waals surface area contributed by atoms with Gasteiger partial charge in [0.2, 0.25) is 0 Å². The van der Waals surface area contributed by atoms with Gasteiger partial charge < -0.3 is 20.3 Å². The Labute approximate surface area is 189 Å². The number of fused-ring (bicyclic) bond motifs is 1. The lowest BCUT2D eigenvalue weighted by atomic mass is 10.1. The molecular weight excluding hydrogens is 426 g/mol. The van der Waals surface area contributed by atoms with Crippen molar-refractivity contribution in [1.29, 1.82) is 0 Å². The summed E-state index contributed by atoms with van der Waals surface area (Å²) in [6, 6.07) is 11.0. The quantitative estimate of drug-likeness (QED) is 0.623. The summed E-state index contributed by atoms with van der Waals surface area (Å²) in [5, 5.41) is 7.07. The van der Waals surface area contributed by atoms with Crippen LogP contribution in [0.4, 0.5) is 16.4 Å². The van der Waals surface area contributed by atoms with Crippen LogP contribution in [0, 0.1) is 0 Å². The van der Waals surface area contributed by atoms with E-state index in [-0.39, 0.29) is 11.8 Å². The molecule has 5 rings (SSSR count). The Morgan fingerprint density at radius 2 is 2.03 bits per heavy atom. The number of carbonyl (C=O) groups excluding carboxylic acids is 2. The maximum Gasteiger partial charge on any atom is 0.265 e. The summed E-state index contributed by atoms with van der Waals surface area (Å²) in [7, 11) is 1.61. The summed E-state index contributed by atoms with van der Waals surface area (Å²) in [6.07, 6.45) is 3.42. The topological polar surface area (TPSA) is 86.8 Å². The number of ether oxygens (including phenoxy) is 1. The predicted molar refractivity (Wildman–Crippen MR) is 125 cm³/mol. The van der Waals surface area contributed by atoms with E-state index >= 15 is 0 Å². The molecule has 2 N–H and O–H groups in total. The monoisotopic (exact) mass is 449 g/mol. The number of piperazine rings is 1. The minimum atomic E-state index is -0.212. The lowest BCUT2D eigenvalue weighted by Crippen LogP contribution is -2.43. The molecule has 164 valence electrons. The largest absolute Gasteiger partial charge is 0.497 e. The number of nitrogens with one attached hydrogen (secondary N) is 2. The Morgan fingerprint density at radius 1 is 1.19 bits per heavy atom. The van der Waals surface area contributed by atoms with E-state index in [2.05, 4.69) is 20.5 Å². The zero-order chi connectivity index (χ0) is 22.1. The molecule has 1 aromatic carbocycles. The second-order valence-electron chi connectivity index (χ2n) is 7.64. The highest BCUT2D eigenvalue weighted by molar-refractivity contribution is 7.18. The number of hydrogen-bond acceptors (Lipinski definition) is 7. The van der Waals surface area contributed by atoms with Crippen molar-refractivity contribution in [3.05, 3.63) is 64.8 Å². The van der Waals surface area contributed by atoms with Crippen LogP contribution >= 0.6 is 11.3 Å². The molecule has 2 aromatic heterocycles. The van der Waals surface area contributed by atoms with Crippen molar-refractivity contribution in [2.24, 2.45) is 0 Å². The van der Waals surface area contributed by atoms with Crippen molar-refractivity contribution in [2.45, 2.75) is 6.54 Å². The van der Waals surface area contributed by atoms with Crippen molar-refractivity contribution in [3.8, 4) is 5.75 Å². The molecule has 0 bridgehead atoms. The number of pyridine rings is 1. The van der Waals surface area contributed by atoms with E-state index in [1.54, 1.807) is 42.6 Å². The van der Waals surface area contributed by atoms with E-state index in [1.807, 2.05) is 18.2 Å². The second kappa shape index (κ2) is 8.60.